The van der Waals surface area contributed by atoms with Gasteiger partial charge in [-0.25, -0.2) is 9.36 Å². The third-order valence-electron chi connectivity index (χ3n) is 5.45. The second-order valence-corrected chi connectivity index (χ2v) is 11.9. The lowest BCUT2D eigenvalue weighted by molar-refractivity contribution is -0.698. The van der Waals surface area contributed by atoms with E-state index in [-0.39, 0.29) is 24.0 Å². The lowest BCUT2D eigenvalue weighted by Crippen LogP contribution is -2.70. The Bertz CT molecular complexity index is 1210. The fourth-order valence-electron chi connectivity index (χ4n) is 3.72. The van der Waals surface area contributed by atoms with Gasteiger partial charge in [-0.1, -0.05) is 23.2 Å². The highest BCUT2D eigenvalue weighted by Crippen LogP contribution is 2.41. The van der Waals surface area contributed by atoms with Crippen LogP contribution in [0.5, 0.6) is 0 Å². The number of carboxylic acid groups (broad SMARTS) is 1. The Labute approximate surface area is 230 Å². The highest BCUT2D eigenvalue weighted by atomic mass is 35.5. The SMILES string of the molecule is O=C(CSc1cc(Cl)ccc1Cl)N[C@@H]1C(=O)N2C(C(=O)O)=C(CSc3cc[n+](CCO)cc3)CS[C@H]12. The van der Waals surface area contributed by atoms with E-state index in [9.17, 15) is 19.5 Å². The van der Waals surface area contributed by atoms with E-state index in [1.807, 2.05) is 29.1 Å². The van der Waals surface area contributed by atoms with Crippen LogP contribution in [-0.4, -0.2) is 68.2 Å². The van der Waals surface area contributed by atoms with E-state index in [1.54, 1.807) is 18.2 Å². The lowest BCUT2D eigenvalue weighted by atomic mass is 10.0. The second kappa shape index (κ2) is 12.1. The predicted molar refractivity (Wildman–Crippen MR) is 141 cm³/mol. The number of rotatable bonds is 10. The summed E-state index contributed by atoms with van der Waals surface area (Å²) in [6, 6.07) is 7.99. The van der Waals surface area contributed by atoms with Crippen molar-refractivity contribution in [2.24, 2.45) is 0 Å². The quantitative estimate of drug-likeness (QED) is 0.221. The zero-order valence-corrected chi connectivity index (χ0v) is 22.7. The van der Waals surface area contributed by atoms with Crippen LogP contribution in [0.2, 0.25) is 10.0 Å². The number of aliphatic hydroxyl groups excluding tert-OH is 1. The van der Waals surface area contributed by atoms with Crippen molar-refractivity contribution in [2.75, 3.05) is 23.9 Å². The molecule has 0 unspecified atom stereocenters. The first-order valence-electron chi connectivity index (χ1n) is 10.8. The van der Waals surface area contributed by atoms with Crippen molar-refractivity contribution >= 4 is 76.3 Å². The molecule has 0 saturated carbocycles. The molecule has 2 aliphatic heterocycles. The Kier molecular flexibility index (Phi) is 9.13. The number of benzene rings is 1. The molecular formula is C23H22Cl2N3O5S3+. The summed E-state index contributed by atoms with van der Waals surface area (Å²) in [7, 11) is 0. The maximum absolute atomic E-state index is 12.9. The number of halogens is 2. The summed E-state index contributed by atoms with van der Waals surface area (Å²) in [6.07, 6.45) is 3.70. The predicted octanol–water partition coefficient (Wildman–Crippen LogP) is 2.90. The van der Waals surface area contributed by atoms with Gasteiger partial charge in [-0.3, -0.25) is 14.5 Å². The van der Waals surface area contributed by atoms with Crippen LogP contribution in [0, 0.1) is 0 Å². The number of aliphatic hydroxyl groups is 1. The Balaban J connectivity index is 1.37. The first-order chi connectivity index (χ1) is 17.3. The molecule has 2 amide bonds. The number of nitrogens with one attached hydrogen (secondary N) is 1. The van der Waals surface area contributed by atoms with Gasteiger partial charge in [0.05, 0.1) is 10.8 Å². The molecule has 0 spiro atoms. The van der Waals surface area contributed by atoms with E-state index < -0.39 is 23.3 Å². The van der Waals surface area contributed by atoms with Crippen LogP contribution < -0.4 is 9.88 Å². The molecule has 0 bridgehead atoms. The maximum atomic E-state index is 12.9. The normalized spacial score (nSPS) is 19.1. The number of aliphatic carboxylic acids is 1. The minimum atomic E-state index is -1.16. The van der Waals surface area contributed by atoms with Crippen molar-refractivity contribution in [3.63, 3.8) is 0 Å². The van der Waals surface area contributed by atoms with Gasteiger partial charge in [0.15, 0.2) is 18.9 Å². The minimum absolute atomic E-state index is 0.00638. The third-order valence-corrected chi connectivity index (χ3v) is 9.62. The van der Waals surface area contributed by atoms with Crippen LogP contribution >= 0.6 is 58.5 Å². The Morgan fingerprint density at radius 2 is 1.94 bits per heavy atom. The molecule has 1 fully saturated rings. The van der Waals surface area contributed by atoms with Crippen molar-refractivity contribution in [3.8, 4) is 0 Å². The van der Waals surface area contributed by atoms with Crippen molar-refractivity contribution < 1.29 is 29.2 Å². The first kappa shape index (κ1) is 27.2. The molecule has 8 nitrogen and oxygen atoms in total. The highest BCUT2D eigenvalue weighted by molar-refractivity contribution is 8.01. The minimum Gasteiger partial charge on any atom is -0.477 e. The van der Waals surface area contributed by atoms with E-state index >= 15 is 0 Å². The number of carbonyl (C=O) groups is 3. The molecule has 190 valence electrons. The van der Waals surface area contributed by atoms with Crippen molar-refractivity contribution in [3.05, 3.63) is 64.0 Å². The second-order valence-electron chi connectivity index (χ2n) is 7.86. The summed E-state index contributed by atoms with van der Waals surface area (Å²) in [5, 5.41) is 22.1. The zero-order chi connectivity index (χ0) is 25.8. The lowest BCUT2D eigenvalue weighted by Gasteiger charge is -2.49. The van der Waals surface area contributed by atoms with Crippen molar-refractivity contribution in [2.45, 2.75) is 27.8 Å². The molecule has 1 aromatic heterocycles. The van der Waals surface area contributed by atoms with Gasteiger partial charge in [0.1, 0.15) is 23.7 Å². The molecule has 2 aromatic rings. The molecule has 0 aliphatic carbocycles. The molecule has 0 radical (unpaired) electrons. The van der Waals surface area contributed by atoms with Crippen LogP contribution in [-0.2, 0) is 20.9 Å². The third kappa shape index (κ3) is 6.15. The molecule has 13 heteroatoms. The Hall–Kier alpha value is -1.89. The van der Waals surface area contributed by atoms with E-state index in [4.69, 9.17) is 28.3 Å². The molecule has 3 N–H and O–H groups in total. The average Bonchev–Trinajstić information content (AvgIpc) is 2.86. The number of hydrogen-bond acceptors (Lipinski definition) is 7. The van der Waals surface area contributed by atoms with E-state index in [0.717, 1.165) is 4.90 Å². The van der Waals surface area contributed by atoms with Gasteiger partial charge in [0.2, 0.25) is 5.91 Å². The largest absolute Gasteiger partial charge is 0.477 e. The molecule has 1 aromatic carbocycles. The van der Waals surface area contributed by atoms with Crippen molar-refractivity contribution in [1.82, 2.24) is 10.2 Å². The van der Waals surface area contributed by atoms with Gasteiger partial charge >= 0.3 is 5.97 Å². The molecule has 4 rings (SSSR count). The van der Waals surface area contributed by atoms with Crippen LogP contribution in [0.25, 0.3) is 0 Å². The number of carboxylic acids is 1. The number of nitrogens with zero attached hydrogens (tertiary/aromatic N) is 2. The number of β-lactam (4-membered cyclic amide) rings is 1. The molecule has 1 saturated heterocycles. The van der Waals surface area contributed by atoms with Crippen LogP contribution in [0.3, 0.4) is 0 Å². The van der Waals surface area contributed by atoms with Gasteiger partial charge in [0, 0.05) is 38.5 Å². The summed E-state index contributed by atoms with van der Waals surface area (Å²) in [5.41, 5.74) is 0.651. The number of carbonyl (C=O) groups excluding carboxylic acids is 2. The number of amides is 2. The summed E-state index contributed by atoms with van der Waals surface area (Å²) in [6.45, 7) is 0.546. The Morgan fingerprint density at radius 1 is 1.19 bits per heavy atom. The number of aromatic nitrogens is 1. The van der Waals surface area contributed by atoms with Gasteiger partial charge in [0.25, 0.3) is 5.91 Å². The standard InChI is InChI=1S/C23H21Cl2N3O5S3/c24-14-1-2-16(25)17(9-14)35-12-18(30)26-19-21(31)28-20(23(32)33)13(11-36-22(19)28)10-34-15-3-5-27(6-4-15)7-8-29/h1-6,9,19,22,29H,7-8,10-12H2,(H-,26,30,32,33)/p+1/t19-,22-/m1/s1. The topological polar surface area (TPSA) is 111 Å². The highest BCUT2D eigenvalue weighted by Gasteiger charge is 2.54. The van der Waals surface area contributed by atoms with E-state index in [1.165, 1.54) is 40.2 Å². The summed E-state index contributed by atoms with van der Waals surface area (Å²) < 4.78 is 1.85. The van der Waals surface area contributed by atoms with Gasteiger partial charge in [-0.15, -0.1) is 35.3 Å². The number of thioether (sulfide) groups is 3. The monoisotopic (exact) mass is 586 g/mol. The molecule has 36 heavy (non-hydrogen) atoms. The number of hydrogen-bond donors (Lipinski definition) is 3. The zero-order valence-electron chi connectivity index (χ0n) is 18.7. The summed E-state index contributed by atoms with van der Waals surface area (Å²) >= 11 is 16.2. The maximum Gasteiger partial charge on any atom is 0.352 e. The van der Waals surface area contributed by atoms with Crippen molar-refractivity contribution in [1.29, 1.82) is 0 Å². The number of pyridine rings is 1. The Morgan fingerprint density at radius 3 is 2.64 bits per heavy atom. The molecule has 2 atom stereocenters. The molecule has 2 aliphatic rings. The fraction of sp³-hybridized carbons (Fsp3) is 0.304. The van der Waals surface area contributed by atoms with Gasteiger partial charge in [-0.05, 0) is 23.8 Å². The van der Waals surface area contributed by atoms with Crippen LogP contribution in [0.15, 0.2) is 63.8 Å². The molecular weight excluding hydrogens is 565 g/mol. The smallest absolute Gasteiger partial charge is 0.352 e. The average molecular weight is 588 g/mol. The van der Waals surface area contributed by atoms with Crippen LogP contribution in [0.1, 0.15) is 0 Å². The van der Waals surface area contributed by atoms with Gasteiger partial charge < -0.3 is 15.5 Å². The summed E-state index contributed by atoms with van der Waals surface area (Å²) in [4.78, 5) is 40.3. The molecule has 3 heterocycles. The number of fused-ring (bicyclic) bond motifs is 1. The van der Waals surface area contributed by atoms with E-state index in [2.05, 4.69) is 5.32 Å². The fourth-order valence-corrected chi connectivity index (χ4v) is 7.39. The van der Waals surface area contributed by atoms with Gasteiger partial charge in [-0.2, -0.15) is 0 Å². The summed E-state index contributed by atoms with van der Waals surface area (Å²) in [5.74, 6) is -1.03. The van der Waals surface area contributed by atoms with E-state index in [0.29, 0.717) is 38.6 Å². The first-order valence-corrected chi connectivity index (χ1v) is 14.6. The van der Waals surface area contributed by atoms with Crippen LogP contribution in [0.4, 0.5) is 0 Å².